The highest BCUT2D eigenvalue weighted by Gasteiger charge is 2.15. The Bertz CT molecular complexity index is 1280. The number of amides is 1. The van der Waals surface area contributed by atoms with Crippen LogP contribution >= 0.6 is 11.3 Å². The van der Waals surface area contributed by atoms with Gasteiger partial charge >= 0.3 is 0 Å². The van der Waals surface area contributed by atoms with Crippen molar-refractivity contribution in [2.75, 3.05) is 12.4 Å². The molecule has 3 aromatic carbocycles. The lowest BCUT2D eigenvalue weighted by atomic mass is 10.1. The maximum atomic E-state index is 12.6. The highest BCUT2D eigenvalue weighted by molar-refractivity contribution is 7.89. The van der Waals surface area contributed by atoms with Crippen LogP contribution in [-0.2, 0) is 10.0 Å². The highest BCUT2D eigenvalue weighted by atomic mass is 32.2. The van der Waals surface area contributed by atoms with Crippen molar-refractivity contribution in [3.05, 3.63) is 66.2 Å². The summed E-state index contributed by atoms with van der Waals surface area (Å²) in [7, 11) is -2.16. The average Bonchev–Trinajstić information content (AvgIpc) is 3.08. The van der Waals surface area contributed by atoms with Gasteiger partial charge in [-0.3, -0.25) is 10.1 Å². The Morgan fingerprint density at radius 1 is 1.00 bits per heavy atom. The Hall–Kier alpha value is -2.81. The van der Waals surface area contributed by atoms with Crippen LogP contribution < -0.4 is 10.0 Å². The average molecular weight is 397 g/mol. The fourth-order valence-corrected chi connectivity index (χ4v) is 4.47. The Morgan fingerprint density at radius 3 is 2.56 bits per heavy atom. The second-order valence-electron chi connectivity index (χ2n) is 5.87. The van der Waals surface area contributed by atoms with Gasteiger partial charge in [0.15, 0.2) is 5.13 Å². The van der Waals surface area contributed by atoms with Gasteiger partial charge in [-0.1, -0.05) is 41.7 Å². The summed E-state index contributed by atoms with van der Waals surface area (Å²) in [5.41, 5.74) is 1.16. The lowest BCUT2D eigenvalue weighted by Crippen LogP contribution is -2.18. The van der Waals surface area contributed by atoms with Crippen LogP contribution in [-0.4, -0.2) is 26.4 Å². The molecule has 0 saturated heterocycles. The summed E-state index contributed by atoms with van der Waals surface area (Å²) in [6.45, 7) is 0. The van der Waals surface area contributed by atoms with E-state index in [0.717, 1.165) is 10.8 Å². The number of hydrogen-bond donors (Lipinski definition) is 2. The van der Waals surface area contributed by atoms with Crippen molar-refractivity contribution in [3.63, 3.8) is 0 Å². The van der Waals surface area contributed by atoms with E-state index in [0.29, 0.717) is 20.9 Å². The third-order valence-electron chi connectivity index (χ3n) is 4.17. The largest absolute Gasteiger partial charge is 0.298 e. The van der Waals surface area contributed by atoms with Crippen molar-refractivity contribution in [2.45, 2.75) is 4.90 Å². The molecule has 6 nitrogen and oxygen atoms in total. The summed E-state index contributed by atoms with van der Waals surface area (Å²) < 4.78 is 26.8. The number of carbonyl (C=O) groups excluding carboxylic acids is 1. The molecule has 0 aliphatic carbocycles. The Morgan fingerprint density at radius 2 is 1.78 bits per heavy atom. The molecule has 0 spiro atoms. The first-order valence-corrected chi connectivity index (χ1v) is 10.4. The molecule has 1 amide bonds. The van der Waals surface area contributed by atoms with Crippen molar-refractivity contribution < 1.29 is 13.2 Å². The van der Waals surface area contributed by atoms with Crippen molar-refractivity contribution >= 4 is 53.4 Å². The Kier molecular flexibility index (Phi) is 4.39. The SMILES string of the molecule is CNS(=O)(=O)c1ccc2nc(NC(=O)c3ccc4ccccc4c3)sc2c1. The van der Waals surface area contributed by atoms with Crippen LogP contribution in [0.3, 0.4) is 0 Å². The van der Waals surface area contributed by atoms with Crippen molar-refractivity contribution in [3.8, 4) is 0 Å². The minimum atomic E-state index is -3.53. The smallest absolute Gasteiger partial charge is 0.257 e. The fourth-order valence-electron chi connectivity index (χ4n) is 2.74. The minimum absolute atomic E-state index is 0.161. The van der Waals surface area contributed by atoms with Gasteiger partial charge < -0.3 is 0 Å². The molecule has 27 heavy (non-hydrogen) atoms. The van der Waals surface area contributed by atoms with Crippen LogP contribution in [0.4, 0.5) is 5.13 Å². The van der Waals surface area contributed by atoms with E-state index in [1.165, 1.54) is 24.5 Å². The Balaban J connectivity index is 1.63. The van der Waals surface area contributed by atoms with E-state index in [2.05, 4.69) is 15.0 Å². The first-order chi connectivity index (χ1) is 13.0. The summed E-state index contributed by atoms with van der Waals surface area (Å²) in [6.07, 6.45) is 0. The van der Waals surface area contributed by atoms with Crippen LogP contribution in [0.2, 0.25) is 0 Å². The van der Waals surface area contributed by atoms with E-state index in [4.69, 9.17) is 0 Å². The molecule has 0 aliphatic heterocycles. The van der Waals surface area contributed by atoms with Gasteiger partial charge in [0.25, 0.3) is 5.91 Å². The van der Waals surface area contributed by atoms with Crippen molar-refractivity contribution in [1.82, 2.24) is 9.71 Å². The second-order valence-corrected chi connectivity index (χ2v) is 8.79. The van der Waals surface area contributed by atoms with E-state index >= 15 is 0 Å². The zero-order valence-corrected chi connectivity index (χ0v) is 15.9. The zero-order valence-electron chi connectivity index (χ0n) is 14.3. The van der Waals surface area contributed by atoms with Gasteiger partial charge in [0, 0.05) is 5.56 Å². The molecule has 2 N–H and O–H groups in total. The molecule has 1 aromatic heterocycles. The van der Waals surface area contributed by atoms with Crippen LogP contribution in [0, 0.1) is 0 Å². The topological polar surface area (TPSA) is 88.2 Å². The van der Waals surface area contributed by atoms with Crippen molar-refractivity contribution in [1.29, 1.82) is 0 Å². The van der Waals surface area contributed by atoms with Gasteiger partial charge in [-0.05, 0) is 48.2 Å². The molecule has 0 bridgehead atoms. The molecule has 0 fully saturated rings. The number of nitrogens with one attached hydrogen (secondary N) is 2. The van der Waals surface area contributed by atoms with E-state index in [1.54, 1.807) is 18.2 Å². The molecular formula is C19H15N3O3S2. The maximum Gasteiger partial charge on any atom is 0.257 e. The van der Waals surface area contributed by atoms with Crippen LogP contribution in [0.15, 0.2) is 65.6 Å². The molecule has 4 rings (SSSR count). The van der Waals surface area contributed by atoms with Gasteiger partial charge in [-0.15, -0.1) is 0 Å². The monoisotopic (exact) mass is 397 g/mol. The predicted octanol–water partition coefficient (Wildman–Crippen LogP) is 3.61. The third kappa shape index (κ3) is 3.42. The summed E-state index contributed by atoms with van der Waals surface area (Å²) in [4.78, 5) is 17.1. The number of aromatic nitrogens is 1. The summed E-state index contributed by atoms with van der Waals surface area (Å²) >= 11 is 1.23. The number of carbonyl (C=O) groups is 1. The molecular weight excluding hydrogens is 382 g/mol. The standard InChI is InChI=1S/C19H15N3O3S2/c1-20-27(24,25)15-8-9-16-17(11-15)26-19(21-16)22-18(23)14-7-6-12-4-2-3-5-13(12)10-14/h2-11,20H,1H3,(H,21,22,23). The van der Waals surface area contributed by atoms with Gasteiger partial charge in [-0.25, -0.2) is 18.1 Å². The number of nitrogens with zero attached hydrogens (tertiary/aromatic N) is 1. The lowest BCUT2D eigenvalue weighted by molar-refractivity contribution is 0.102. The van der Waals surface area contributed by atoms with E-state index in [1.807, 2.05) is 36.4 Å². The van der Waals surface area contributed by atoms with Crippen LogP contribution in [0.1, 0.15) is 10.4 Å². The van der Waals surface area contributed by atoms with Crippen LogP contribution in [0.5, 0.6) is 0 Å². The number of sulfonamides is 1. The fraction of sp³-hybridized carbons (Fsp3) is 0.0526. The van der Waals surface area contributed by atoms with E-state index < -0.39 is 10.0 Å². The number of thiazole rings is 1. The molecule has 0 atom stereocenters. The molecule has 4 aromatic rings. The number of fused-ring (bicyclic) bond motifs is 2. The number of benzene rings is 3. The number of anilines is 1. The molecule has 0 saturated carbocycles. The number of hydrogen-bond acceptors (Lipinski definition) is 5. The second kappa shape index (κ2) is 6.73. The predicted molar refractivity (Wildman–Crippen MR) is 108 cm³/mol. The summed E-state index contributed by atoms with van der Waals surface area (Å²) in [5, 5.41) is 5.25. The van der Waals surface area contributed by atoms with E-state index in [9.17, 15) is 13.2 Å². The van der Waals surface area contributed by atoms with Gasteiger partial charge in [0.1, 0.15) is 0 Å². The summed E-state index contributed by atoms with van der Waals surface area (Å²) in [5.74, 6) is -0.261. The number of rotatable bonds is 4. The van der Waals surface area contributed by atoms with Crippen LogP contribution in [0.25, 0.3) is 21.0 Å². The molecule has 0 radical (unpaired) electrons. The first kappa shape index (κ1) is 17.6. The molecule has 1 heterocycles. The summed E-state index contributed by atoms with van der Waals surface area (Å²) in [6, 6.07) is 18.0. The quantitative estimate of drug-likeness (QED) is 0.551. The van der Waals surface area contributed by atoms with Gasteiger partial charge in [0.05, 0.1) is 15.1 Å². The Labute approximate surface area is 159 Å². The lowest BCUT2D eigenvalue weighted by Gasteiger charge is -2.03. The highest BCUT2D eigenvalue weighted by Crippen LogP contribution is 2.28. The van der Waals surface area contributed by atoms with Gasteiger partial charge in [-0.2, -0.15) is 0 Å². The molecule has 8 heteroatoms. The maximum absolute atomic E-state index is 12.6. The van der Waals surface area contributed by atoms with E-state index in [-0.39, 0.29) is 10.8 Å². The first-order valence-electron chi connectivity index (χ1n) is 8.10. The minimum Gasteiger partial charge on any atom is -0.298 e. The molecule has 136 valence electrons. The van der Waals surface area contributed by atoms with Crippen molar-refractivity contribution in [2.24, 2.45) is 0 Å². The zero-order chi connectivity index (χ0) is 19.0. The molecule has 0 aliphatic rings. The molecule has 0 unspecified atom stereocenters. The van der Waals surface area contributed by atoms with Gasteiger partial charge in [0.2, 0.25) is 10.0 Å². The third-order valence-corrected chi connectivity index (χ3v) is 6.52. The normalized spacial score (nSPS) is 11.7.